The van der Waals surface area contributed by atoms with E-state index < -0.39 is 17.5 Å². The number of alkyl halides is 3. The average molecular weight is 242 g/mol. The summed E-state index contributed by atoms with van der Waals surface area (Å²) in [5.74, 6) is -0.415. The molecule has 0 atom stereocenters. The normalized spacial score (nSPS) is 15.4. The average Bonchev–Trinajstić information content (AvgIpc) is 2.28. The summed E-state index contributed by atoms with van der Waals surface area (Å²) in [7, 11) is 0. The van der Waals surface area contributed by atoms with Crippen LogP contribution in [0.2, 0.25) is 0 Å². The first-order chi connectivity index (χ1) is 8.00. The van der Waals surface area contributed by atoms with Gasteiger partial charge in [-0.15, -0.1) is 0 Å². The van der Waals surface area contributed by atoms with Crippen molar-refractivity contribution >= 4 is 11.9 Å². The summed E-state index contributed by atoms with van der Waals surface area (Å²) in [5.41, 5.74) is -1.15. The van der Waals surface area contributed by atoms with Gasteiger partial charge in [0.15, 0.2) is 0 Å². The molecule has 2 rings (SSSR count). The van der Waals surface area contributed by atoms with Gasteiger partial charge in [0, 0.05) is 12.4 Å². The van der Waals surface area contributed by atoms with Gasteiger partial charge in [0.25, 0.3) is 0 Å². The van der Waals surface area contributed by atoms with Gasteiger partial charge in [-0.1, -0.05) is 6.07 Å². The summed E-state index contributed by atoms with van der Waals surface area (Å²) in [5, 5.41) is 9.58. The molecule has 0 unspecified atom stereocenters. The van der Waals surface area contributed by atoms with Crippen molar-refractivity contribution in [1.82, 2.24) is 0 Å². The van der Waals surface area contributed by atoms with Crippen molar-refractivity contribution in [2.75, 3.05) is 11.6 Å². The van der Waals surface area contributed by atoms with E-state index in [0.717, 1.165) is 6.07 Å². The molecule has 1 heterocycles. The molecular weight excluding hydrogens is 233 g/mol. The summed E-state index contributed by atoms with van der Waals surface area (Å²) in [6.07, 6.45) is -0.0692. The maximum Gasteiger partial charge on any atom is 0.418 e. The molecule has 1 aromatic rings. The van der Waals surface area contributed by atoms with Crippen molar-refractivity contribution in [3.05, 3.63) is 36.0 Å². The third-order valence-electron chi connectivity index (χ3n) is 2.30. The van der Waals surface area contributed by atoms with Gasteiger partial charge < -0.3 is 10.0 Å². The molecule has 90 valence electrons. The molecule has 6 heteroatoms. The van der Waals surface area contributed by atoms with E-state index in [2.05, 4.69) is 4.99 Å². The smallest absolute Gasteiger partial charge is 0.418 e. The zero-order valence-corrected chi connectivity index (χ0v) is 8.65. The number of aliphatic imine (C=N–C) groups is 1. The highest BCUT2D eigenvalue weighted by Gasteiger charge is 2.36. The zero-order valence-electron chi connectivity index (χ0n) is 8.65. The van der Waals surface area contributed by atoms with E-state index in [1.54, 1.807) is 0 Å². The third-order valence-corrected chi connectivity index (χ3v) is 2.30. The van der Waals surface area contributed by atoms with Crippen LogP contribution in [0, 0.1) is 0 Å². The minimum absolute atomic E-state index is 0.0527. The lowest BCUT2D eigenvalue weighted by Gasteiger charge is -2.24. The largest absolute Gasteiger partial charge is 0.506 e. The van der Waals surface area contributed by atoms with Crippen LogP contribution in [0.25, 0.3) is 0 Å². The maximum absolute atomic E-state index is 12.8. The van der Waals surface area contributed by atoms with Crippen molar-refractivity contribution < 1.29 is 18.3 Å². The SMILES string of the molecule is Oc1cccc(C(F)(F)F)c1N1C=CC=NC1. The first-order valence-electron chi connectivity index (χ1n) is 4.82. The van der Waals surface area contributed by atoms with E-state index in [4.69, 9.17) is 0 Å². The Labute approximate surface area is 95.5 Å². The van der Waals surface area contributed by atoms with Crippen LogP contribution in [0.5, 0.6) is 5.75 Å². The predicted molar refractivity (Wildman–Crippen MR) is 58.1 cm³/mol. The van der Waals surface area contributed by atoms with E-state index in [1.807, 2.05) is 0 Å². The Morgan fingerprint density at radius 1 is 1.29 bits per heavy atom. The Hall–Kier alpha value is -1.98. The molecule has 0 saturated carbocycles. The van der Waals surface area contributed by atoms with Gasteiger partial charge in [0.1, 0.15) is 12.4 Å². The number of hydrogen-bond acceptors (Lipinski definition) is 3. The number of para-hydroxylation sites is 1. The van der Waals surface area contributed by atoms with E-state index in [-0.39, 0.29) is 12.4 Å². The summed E-state index contributed by atoms with van der Waals surface area (Å²) in [6, 6.07) is 3.32. The fourth-order valence-corrected chi connectivity index (χ4v) is 1.59. The number of aromatic hydroxyl groups is 1. The second-order valence-corrected chi connectivity index (χ2v) is 3.46. The van der Waals surface area contributed by atoms with Gasteiger partial charge >= 0.3 is 6.18 Å². The number of allylic oxidation sites excluding steroid dienone is 1. The second kappa shape index (κ2) is 4.12. The minimum Gasteiger partial charge on any atom is -0.506 e. The van der Waals surface area contributed by atoms with E-state index in [0.29, 0.717) is 0 Å². The van der Waals surface area contributed by atoms with E-state index in [1.165, 1.54) is 35.5 Å². The molecule has 0 radical (unpaired) electrons. The molecule has 0 saturated heterocycles. The Kier molecular flexibility index (Phi) is 2.79. The topological polar surface area (TPSA) is 35.8 Å². The lowest BCUT2D eigenvalue weighted by atomic mass is 10.1. The molecule has 0 spiro atoms. The van der Waals surface area contributed by atoms with Gasteiger partial charge in [-0.25, -0.2) is 0 Å². The van der Waals surface area contributed by atoms with Gasteiger partial charge in [-0.2, -0.15) is 13.2 Å². The molecule has 3 nitrogen and oxygen atoms in total. The Morgan fingerprint density at radius 2 is 2.06 bits per heavy atom. The zero-order chi connectivity index (χ0) is 12.5. The molecule has 1 aliphatic rings. The molecule has 1 aromatic carbocycles. The van der Waals surface area contributed by atoms with Gasteiger partial charge in [-0.3, -0.25) is 4.99 Å². The highest BCUT2D eigenvalue weighted by molar-refractivity contribution is 5.76. The maximum atomic E-state index is 12.8. The Morgan fingerprint density at radius 3 is 2.65 bits per heavy atom. The first kappa shape index (κ1) is 11.5. The number of halogens is 3. The van der Waals surface area contributed by atoms with Crippen LogP contribution >= 0.6 is 0 Å². The van der Waals surface area contributed by atoms with Crippen LogP contribution in [0.1, 0.15) is 5.56 Å². The lowest BCUT2D eigenvalue weighted by molar-refractivity contribution is -0.137. The quantitative estimate of drug-likeness (QED) is 0.821. The number of phenolic OH excluding ortho intramolecular Hbond substituents is 1. The van der Waals surface area contributed by atoms with Gasteiger partial charge in [0.2, 0.25) is 0 Å². The highest BCUT2D eigenvalue weighted by atomic mass is 19.4. The molecular formula is C11H9F3N2O. The minimum atomic E-state index is -4.51. The molecule has 17 heavy (non-hydrogen) atoms. The fourth-order valence-electron chi connectivity index (χ4n) is 1.59. The molecule has 0 aromatic heterocycles. The van der Waals surface area contributed by atoms with Crippen molar-refractivity contribution in [2.24, 2.45) is 4.99 Å². The highest BCUT2D eigenvalue weighted by Crippen LogP contribution is 2.41. The number of benzene rings is 1. The van der Waals surface area contributed by atoms with Crippen molar-refractivity contribution in [2.45, 2.75) is 6.18 Å². The number of hydrogen-bond donors (Lipinski definition) is 1. The van der Waals surface area contributed by atoms with Crippen LogP contribution in [0.4, 0.5) is 18.9 Å². The molecule has 0 bridgehead atoms. The number of phenols is 1. The summed E-state index contributed by atoms with van der Waals surface area (Å²) >= 11 is 0. The monoisotopic (exact) mass is 242 g/mol. The second-order valence-electron chi connectivity index (χ2n) is 3.46. The number of anilines is 1. The van der Waals surface area contributed by atoms with Gasteiger partial charge in [0.05, 0.1) is 11.3 Å². The van der Waals surface area contributed by atoms with Crippen molar-refractivity contribution in [3.63, 3.8) is 0 Å². The number of rotatable bonds is 1. The van der Waals surface area contributed by atoms with E-state index in [9.17, 15) is 18.3 Å². The summed E-state index contributed by atoms with van der Waals surface area (Å²) < 4.78 is 38.3. The van der Waals surface area contributed by atoms with Crippen LogP contribution in [0.3, 0.4) is 0 Å². The lowest BCUT2D eigenvalue weighted by Crippen LogP contribution is -2.22. The van der Waals surface area contributed by atoms with Crippen molar-refractivity contribution in [1.29, 1.82) is 0 Å². The summed E-state index contributed by atoms with van der Waals surface area (Å²) in [6.45, 7) is 0.0527. The van der Waals surface area contributed by atoms with Crippen LogP contribution in [-0.2, 0) is 6.18 Å². The van der Waals surface area contributed by atoms with Crippen LogP contribution in [-0.4, -0.2) is 18.0 Å². The molecule has 0 aliphatic carbocycles. The van der Waals surface area contributed by atoms with Gasteiger partial charge in [-0.05, 0) is 18.2 Å². The van der Waals surface area contributed by atoms with Crippen LogP contribution in [0.15, 0.2) is 35.5 Å². The molecule has 0 amide bonds. The molecule has 1 aliphatic heterocycles. The summed E-state index contributed by atoms with van der Waals surface area (Å²) in [4.78, 5) is 5.08. The molecule has 0 fully saturated rings. The third kappa shape index (κ3) is 2.25. The number of nitrogens with zero attached hydrogens (tertiary/aromatic N) is 2. The fraction of sp³-hybridized carbons (Fsp3) is 0.182. The van der Waals surface area contributed by atoms with Crippen LogP contribution < -0.4 is 4.90 Å². The standard InChI is InChI=1S/C11H9F3N2O/c12-11(13,14)8-3-1-4-9(17)10(8)16-6-2-5-15-7-16/h1-6,17H,7H2. The van der Waals surface area contributed by atoms with Crippen molar-refractivity contribution in [3.8, 4) is 5.75 Å². The molecule has 1 N–H and O–H groups in total. The van der Waals surface area contributed by atoms with E-state index >= 15 is 0 Å². The predicted octanol–water partition coefficient (Wildman–Crippen LogP) is 2.77. The Balaban J connectivity index is 2.51. The first-order valence-corrected chi connectivity index (χ1v) is 4.82. The Bertz CT molecular complexity index is 480.